The predicted octanol–water partition coefficient (Wildman–Crippen LogP) is 3.51. The Kier molecular flexibility index (Phi) is 4.32. The van der Waals surface area contributed by atoms with Crippen LogP contribution in [0, 0.1) is 12.7 Å². The van der Waals surface area contributed by atoms with Crippen LogP contribution < -0.4 is 0 Å². The second-order valence-corrected chi connectivity index (χ2v) is 5.02. The first-order valence-electron chi connectivity index (χ1n) is 6.31. The maximum Gasteiger partial charge on any atom is 0.416 e. The molecule has 0 aliphatic carbocycles. The molecular weight excluding hydrogens is 286 g/mol. The first-order chi connectivity index (χ1) is 9.75. The number of nitrogens with zero attached hydrogens (tertiary/aromatic N) is 2. The summed E-state index contributed by atoms with van der Waals surface area (Å²) in [7, 11) is 1.75. The summed E-state index contributed by atoms with van der Waals surface area (Å²) < 4.78 is 51.1. The molecule has 0 amide bonds. The van der Waals surface area contributed by atoms with E-state index in [0.717, 1.165) is 17.5 Å². The van der Waals surface area contributed by atoms with E-state index in [9.17, 15) is 17.6 Å². The van der Waals surface area contributed by atoms with Gasteiger partial charge in [-0.2, -0.15) is 18.3 Å². The van der Waals surface area contributed by atoms with Gasteiger partial charge in [-0.3, -0.25) is 10.00 Å². The quantitative estimate of drug-likeness (QED) is 0.876. The zero-order valence-corrected chi connectivity index (χ0v) is 11.6. The lowest BCUT2D eigenvalue weighted by Crippen LogP contribution is -2.18. The van der Waals surface area contributed by atoms with Crippen LogP contribution in [0.15, 0.2) is 24.3 Å². The van der Waals surface area contributed by atoms with Crippen molar-refractivity contribution in [3.8, 4) is 0 Å². The summed E-state index contributed by atoms with van der Waals surface area (Å²) in [5.41, 5.74) is 0.952. The van der Waals surface area contributed by atoms with Gasteiger partial charge in [0.05, 0.1) is 11.3 Å². The fourth-order valence-corrected chi connectivity index (χ4v) is 2.03. The Balaban J connectivity index is 2.05. The van der Waals surface area contributed by atoms with E-state index in [0.29, 0.717) is 12.6 Å². The SMILES string of the molecule is Cc1cc(CN(C)Cc2ccc(C(F)(F)F)cc2F)n[nH]1. The van der Waals surface area contributed by atoms with Crippen LogP contribution in [0.5, 0.6) is 0 Å². The molecule has 0 fully saturated rings. The van der Waals surface area contributed by atoms with Crippen LogP contribution in [-0.2, 0) is 19.3 Å². The number of nitrogens with one attached hydrogen (secondary N) is 1. The van der Waals surface area contributed by atoms with Crippen LogP contribution in [0.25, 0.3) is 0 Å². The molecule has 3 nitrogen and oxygen atoms in total. The molecule has 0 unspecified atom stereocenters. The molecule has 7 heteroatoms. The molecule has 1 N–H and O–H groups in total. The van der Waals surface area contributed by atoms with Gasteiger partial charge >= 0.3 is 6.18 Å². The van der Waals surface area contributed by atoms with Gasteiger partial charge in [-0.1, -0.05) is 6.07 Å². The largest absolute Gasteiger partial charge is 0.416 e. The van der Waals surface area contributed by atoms with Crippen molar-refractivity contribution in [3.05, 3.63) is 52.6 Å². The molecule has 0 saturated carbocycles. The molecule has 1 aromatic carbocycles. The average molecular weight is 301 g/mol. The van der Waals surface area contributed by atoms with Gasteiger partial charge in [-0.05, 0) is 32.2 Å². The van der Waals surface area contributed by atoms with Crippen molar-refractivity contribution >= 4 is 0 Å². The highest BCUT2D eigenvalue weighted by Gasteiger charge is 2.31. The summed E-state index contributed by atoms with van der Waals surface area (Å²) in [5, 5.41) is 6.85. The summed E-state index contributed by atoms with van der Waals surface area (Å²) in [5.74, 6) is -0.852. The Morgan fingerprint density at radius 2 is 1.90 bits per heavy atom. The maximum atomic E-state index is 13.7. The first-order valence-corrected chi connectivity index (χ1v) is 6.31. The summed E-state index contributed by atoms with van der Waals surface area (Å²) in [4.78, 5) is 1.78. The van der Waals surface area contributed by atoms with Crippen LogP contribution >= 0.6 is 0 Å². The molecular formula is C14H15F4N3. The minimum Gasteiger partial charge on any atom is -0.296 e. The first kappa shape index (κ1) is 15.5. The molecule has 0 aliphatic rings. The van der Waals surface area contributed by atoms with E-state index >= 15 is 0 Å². The van der Waals surface area contributed by atoms with E-state index in [1.807, 2.05) is 13.0 Å². The van der Waals surface area contributed by atoms with Crippen LogP contribution in [0.1, 0.15) is 22.5 Å². The number of alkyl halides is 3. The molecule has 0 bridgehead atoms. The number of rotatable bonds is 4. The van der Waals surface area contributed by atoms with Crippen LogP contribution in [-0.4, -0.2) is 22.1 Å². The Morgan fingerprint density at radius 3 is 2.43 bits per heavy atom. The lowest BCUT2D eigenvalue weighted by Gasteiger charge is -2.16. The van der Waals surface area contributed by atoms with Crippen molar-refractivity contribution in [2.75, 3.05) is 7.05 Å². The average Bonchev–Trinajstić information content (AvgIpc) is 2.76. The van der Waals surface area contributed by atoms with E-state index < -0.39 is 17.6 Å². The Bertz CT molecular complexity index is 619. The number of aromatic nitrogens is 2. The summed E-state index contributed by atoms with van der Waals surface area (Å²) in [6.07, 6.45) is -4.53. The van der Waals surface area contributed by atoms with Crippen molar-refractivity contribution in [2.45, 2.75) is 26.2 Å². The molecule has 1 heterocycles. The van der Waals surface area contributed by atoms with E-state index in [-0.39, 0.29) is 12.1 Å². The van der Waals surface area contributed by atoms with Crippen molar-refractivity contribution < 1.29 is 17.6 Å². The summed E-state index contributed by atoms with van der Waals surface area (Å²) in [6.45, 7) is 2.55. The molecule has 2 aromatic rings. The van der Waals surface area contributed by atoms with E-state index in [1.165, 1.54) is 6.07 Å². The number of hydrogen-bond donors (Lipinski definition) is 1. The van der Waals surface area contributed by atoms with Gasteiger partial charge in [0, 0.05) is 24.3 Å². The third-order valence-corrected chi connectivity index (χ3v) is 3.01. The van der Waals surface area contributed by atoms with Crippen LogP contribution in [0.2, 0.25) is 0 Å². The number of benzene rings is 1. The Hall–Kier alpha value is -1.89. The van der Waals surface area contributed by atoms with Gasteiger partial charge < -0.3 is 0 Å². The fourth-order valence-electron chi connectivity index (χ4n) is 2.03. The second-order valence-electron chi connectivity index (χ2n) is 5.02. The van der Waals surface area contributed by atoms with Crippen LogP contribution in [0.4, 0.5) is 17.6 Å². The summed E-state index contributed by atoms with van der Waals surface area (Å²) >= 11 is 0. The zero-order valence-electron chi connectivity index (χ0n) is 11.6. The molecule has 0 saturated heterocycles. The molecule has 114 valence electrons. The highest BCUT2D eigenvalue weighted by atomic mass is 19.4. The van der Waals surface area contributed by atoms with Crippen molar-refractivity contribution in [1.29, 1.82) is 0 Å². The van der Waals surface area contributed by atoms with E-state index in [1.54, 1.807) is 11.9 Å². The number of H-pyrrole nitrogens is 1. The van der Waals surface area contributed by atoms with Crippen molar-refractivity contribution in [3.63, 3.8) is 0 Å². The molecule has 0 aliphatic heterocycles. The summed E-state index contributed by atoms with van der Waals surface area (Å²) in [6, 6.07) is 4.46. The van der Waals surface area contributed by atoms with Gasteiger partial charge in [-0.25, -0.2) is 4.39 Å². The molecule has 21 heavy (non-hydrogen) atoms. The van der Waals surface area contributed by atoms with E-state index in [4.69, 9.17) is 0 Å². The lowest BCUT2D eigenvalue weighted by atomic mass is 10.1. The minimum atomic E-state index is -4.53. The smallest absolute Gasteiger partial charge is 0.296 e. The van der Waals surface area contributed by atoms with Crippen LogP contribution in [0.3, 0.4) is 0 Å². The van der Waals surface area contributed by atoms with Gasteiger partial charge in [-0.15, -0.1) is 0 Å². The van der Waals surface area contributed by atoms with Gasteiger partial charge in [0.15, 0.2) is 0 Å². The fraction of sp³-hybridized carbons (Fsp3) is 0.357. The molecule has 0 atom stereocenters. The number of aromatic amines is 1. The van der Waals surface area contributed by atoms with Crippen molar-refractivity contribution in [1.82, 2.24) is 15.1 Å². The Morgan fingerprint density at radius 1 is 1.19 bits per heavy atom. The molecule has 1 aromatic heterocycles. The number of aryl methyl sites for hydroxylation is 1. The molecule has 2 rings (SSSR count). The van der Waals surface area contributed by atoms with Crippen molar-refractivity contribution in [2.24, 2.45) is 0 Å². The number of hydrogen-bond acceptors (Lipinski definition) is 2. The third kappa shape index (κ3) is 4.04. The zero-order chi connectivity index (χ0) is 15.6. The van der Waals surface area contributed by atoms with Gasteiger partial charge in [0.2, 0.25) is 0 Å². The van der Waals surface area contributed by atoms with Gasteiger partial charge in [0.25, 0.3) is 0 Å². The molecule has 0 spiro atoms. The minimum absolute atomic E-state index is 0.204. The normalized spacial score (nSPS) is 12.1. The molecule has 0 radical (unpaired) electrons. The lowest BCUT2D eigenvalue weighted by molar-refractivity contribution is -0.137. The number of halogens is 4. The topological polar surface area (TPSA) is 31.9 Å². The Labute approximate surface area is 119 Å². The third-order valence-electron chi connectivity index (χ3n) is 3.01. The second kappa shape index (κ2) is 5.85. The monoisotopic (exact) mass is 301 g/mol. The standard InChI is InChI=1S/C14H15F4N3/c1-9-5-12(20-19-9)8-21(2)7-10-3-4-11(6-13(10)15)14(16,17)18/h3-6H,7-8H2,1-2H3,(H,19,20). The highest BCUT2D eigenvalue weighted by Crippen LogP contribution is 2.30. The van der Waals surface area contributed by atoms with Gasteiger partial charge in [0.1, 0.15) is 5.82 Å². The van der Waals surface area contributed by atoms with E-state index in [2.05, 4.69) is 10.2 Å². The predicted molar refractivity (Wildman–Crippen MR) is 69.9 cm³/mol. The maximum absolute atomic E-state index is 13.7. The highest BCUT2D eigenvalue weighted by molar-refractivity contribution is 5.26.